The number of Topliss-reactive ketones (excluding diaryl/α,β-unsaturated/α-hetero) is 1. The lowest BCUT2D eigenvalue weighted by Gasteiger charge is -2.05. The van der Waals surface area contributed by atoms with Crippen LogP contribution >= 0.6 is 34.9 Å². The molecular weight excluding hydrogens is 374 g/mol. The Morgan fingerprint density at radius 1 is 1.04 bits per heavy atom. The number of amides is 1. The molecule has 0 spiro atoms. The van der Waals surface area contributed by atoms with Gasteiger partial charge in [0, 0.05) is 23.4 Å². The number of rotatable bonds is 10. The van der Waals surface area contributed by atoms with E-state index in [-0.39, 0.29) is 11.7 Å². The van der Waals surface area contributed by atoms with E-state index in [0.717, 1.165) is 27.3 Å². The van der Waals surface area contributed by atoms with E-state index in [1.807, 2.05) is 6.92 Å². The molecular formula is C17H21N3O2S3. The number of hydrogen-bond acceptors (Lipinski definition) is 7. The number of nitrogens with zero attached hydrogens (tertiary/aromatic N) is 2. The molecule has 2 rings (SSSR count). The van der Waals surface area contributed by atoms with Crippen LogP contribution in [-0.2, 0) is 4.79 Å². The summed E-state index contributed by atoms with van der Waals surface area (Å²) in [4.78, 5) is 23.8. The van der Waals surface area contributed by atoms with Crippen molar-refractivity contribution in [2.75, 3.05) is 16.8 Å². The van der Waals surface area contributed by atoms with E-state index in [1.54, 1.807) is 36.0 Å². The number of ketones is 1. The summed E-state index contributed by atoms with van der Waals surface area (Å²) in [6, 6.07) is 7.01. The zero-order valence-electron chi connectivity index (χ0n) is 14.3. The number of nitrogens with one attached hydrogen (secondary N) is 1. The molecule has 0 saturated carbocycles. The van der Waals surface area contributed by atoms with Crippen molar-refractivity contribution in [1.82, 2.24) is 10.2 Å². The zero-order chi connectivity index (χ0) is 18.1. The molecule has 2 aromatic rings. The van der Waals surface area contributed by atoms with Gasteiger partial charge in [0.2, 0.25) is 5.91 Å². The fourth-order valence-electron chi connectivity index (χ4n) is 1.90. The molecule has 0 aliphatic rings. The number of anilines is 1. The number of carbonyl (C=O) groups is 2. The predicted molar refractivity (Wildman–Crippen MR) is 106 cm³/mol. The summed E-state index contributed by atoms with van der Waals surface area (Å²) in [6.07, 6.45) is 2.40. The molecule has 1 heterocycles. The summed E-state index contributed by atoms with van der Waals surface area (Å²) < 4.78 is 1.76. The van der Waals surface area contributed by atoms with Crippen LogP contribution < -0.4 is 5.32 Å². The summed E-state index contributed by atoms with van der Waals surface area (Å²) in [5.41, 5.74) is 1.34. The van der Waals surface area contributed by atoms with E-state index in [4.69, 9.17) is 0 Å². The van der Waals surface area contributed by atoms with Crippen molar-refractivity contribution in [2.45, 2.75) is 41.8 Å². The van der Waals surface area contributed by atoms with Crippen LogP contribution in [0.3, 0.4) is 0 Å². The summed E-state index contributed by atoms with van der Waals surface area (Å²) in [5.74, 6) is 1.38. The molecule has 134 valence electrons. The molecule has 0 radical (unpaired) electrons. The molecule has 0 aliphatic carbocycles. The lowest BCUT2D eigenvalue weighted by Crippen LogP contribution is -2.10. The van der Waals surface area contributed by atoms with Crippen LogP contribution in [-0.4, -0.2) is 33.4 Å². The quantitative estimate of drug-likeness (QED) is 0.462. The van der Waals surface area contributed by atoms with Gasteiger partial charge < -0.3 is 5.32 Å². The molecule has 1 amide bonds. The number of carbonyl (C=O) groups excluding carboxylic acids is 2. The van der Waals surface area contributed by atoms with E-state index in [2.05, 4.69) is 22.4 Å². The zero-order valence-corrected chi connectivity index (χ0v) is 16.7. The van der Waals surface area contributed by atoms with Gasteiger partial charge in [-0.2, -0.15) is 0 Å². The lowest BCUT2D eigenvalue weighted by molar-refractivity contribution is -0.116. The summed E-state index contributed by atoms with van der Waals surface area (Å²) in [6.45, 7) is 4.09. The molecule has 0 atom stereocenters. The highest BCUT2D eigenvalue weighted by Crippen LogP contribution is 2.29. The first-order valence-corrected chi connectivity index (χ1v) is 10.9. The Balaban J connectivity index is 1.84. The number of hydrogen-bond donors (Lipinski definition) is 1. The Kier molecular flexibility index (Phi) is 8.43. The highest BCUT2D eigenvalue weighted by atomic mass is 32.2. The highest BCUT2D eigenvalue weighted by molar-refractivity contribution is 8.03. The molecule has 0 unspecified atom stereocenters. The first-order chi connectivity index (χ1) is 12.1. The van der Waals surface area contributed by atoms with E-state index in [9.17, 15) is 9.59 Å². The largest absolute Gasteiger partial charge is 0.326 e. The van der Waals surface area contributed by atoms with Gasteiger partial charge >= 0.3 is 0 Å². The molecule has 0 aliphatic heterocycles. The molecule has 0 saturated heterocycles. The Morgan fingerprint density at radius 3 is 2.36 bits per heavy atom. The van der Waals surface area contributed by atoms with Gasteiger partial charge in [0.25, 0.3) is 0 Å². The van der Waals surface area contributed by atoms with Gasteiger partial charge in [-0.15, -0.1) is 10.2 Å². The van der Waals surface area contributed by atoms with Crippen LogP contribution in [0.2, 0.25) is 0 Å². The Labute approximate surface area is 160 Å². The Hall–Kier alpha value is -1.38. The molecule has 1 aromatic carbocycles. The third-order valence-corrected chi connectivity index (χ3v) is 6.51. The predicted octanol–water partition coefficient (Wildman–Crippen LogP) is 4.75. The number of thioether (sulfide) groups is 2. The SMILES string of the molecule is CCCSc1nnc(SCC(=O)c2ccc(NC(=O)CCC)cc2)s1. The van der Waals surface area contributed by atoms with Crippen LogP contribution in [0, 0.1) is 0 Å². The van der Waals surface area contributed by atoms with Crippen LogP contribution in [0.4, 0.5) is 5.69 Å². The van der Waals surface area contributed by atoms with E-state index >= 15 is 0 Å². The minimum Gasteiger partial charge on any atom is -0.326 e. The van der Waals surface area contributed by atoms with Crippen LogP contribution in [0.25, 0.3) is 0 Å². The molecule has 25 heavy (non-hydrogen) atoms. The average Bonchev–Trinajstić information content (AvgIpc) is 3.06. The molecule has 1 N–H and O–H groups in total. The number of aromatic nitrogens is 2. The van der Waals surface area contributed by atoms with Gasteiger partial charge in [-0.25, -0.2) is 0 Å². The van der Waals surface area contributed by atoms with Gasteiger partial charge in [0.1, 0.15) is 0 Å². The minimum absolute atomic E-state index is 0.00912. The Morgan fingerprint density at radius 2 is 1.72 bits per heavy atom. The third kappa shape index (κ3) is 6.80. The van der Waals surface area contributed by atoms with Gasteiger partial charge in [-0.3, -0.25) is 9.59 Å². The second kappa shape index (κ2) is 10.6. The lowest BCUT2D eigenvalue weighted by atomic mass is 10.1. The van der Waals surface area contributed by atoms with Crippen LogP contribution in [0.5, 0.6) is 0 Å². The van der Waals surface area contributed by atoms with Gasteiger partial charge in [0.15, 0.2) is 14.5 Å². The first kappa shape index (κ1) is 19.9. The van der Waals surface area contributed by atoms with Crippen molar-refractivity contribution in [3.63, 3.8) is 0 Å². The fourth-order valence-corrected chi connectivity index (χ4v) is 4.74. The monoisotopic (exact) mass is 395 g/mol. The van der Waals surface area contributed by atoms with E-state index in [0.29, 0.717) is 23.4 Å². The minimum atomic E-state index is -0.00912. The normalized spacial score (nSPS) is 10.6. The molecule has 0 fully saturated rings. The maximum absolute atomic E-state index is 12.3. The van der Waals surface area contributed by atoms with Crippen molar-refractivity contribution in [2.24, 2.45) is 0 Å². The number of benzene rings is 1. The molecule has 1 aromatic heterocycles. The summed E-state index contributed by atoms with van der Waals surface area (Å²) in [5, 5.41) is 11.0. The van der Waals surface area contributed by atoms with E-state index in [1.165, 1.54) is 23.1 Å². The molecule has 0 bridgehead atoms. The van der Waals surface area contributed by atoms with Gasteiger partial charge in [-0.1, -0.05) is 48.7 Å². The standard InChI is InChI=1S/C17H21N3O2S3/c1-3-5-15(22)18-13-8-6-12(7-9-13)14(21)11-24-17-20-19-16(25-17)23-10-4-2/h6-9H,3-5,10-11H2,1-2H3,(H,18,22). The first-order valence-electron chi connectivity index (χ1n) is 8.14. The molecule has 5 nitrogen and oxygen atoms in total. The van der Waals surface area contributed by atoms with Crippen LogP contribution in [0.1, 0.15) is 43.5 Å². The van der Waals surface area contributed by atoms with Crippen LogP contribution in [0.15, 0.2) is 32.9 Å². The van der Waals surface area contributed by atoms with Gasteiger partial charge in [0.05, 0.1) is 5.75 Å². The Bertz CT molecular complexity index is 701. The topological polar surface area (TPSA) is 72.0 Å². The smallest absolute Gasteiger partial charge is 0.224 e. The summed E-state index contributed by atoms with van der Waals surface area (Å²) >= 11 is 4.63. The maximum atomic E-state index is 12.3. The van der Waals surface area contributed by atoms with Crippen molar-refractivity contribution >= 4 is 52.2 Å². The fraction of sp³-hybridized carbons (Fsp3) is 0.412. The van der Waals surface area contributed by atoms with Gasteiger partial charge in [-0.05, 0) is 37.1 Å². The molecule has 8 heteroatoms. The van der Waals surface area contributed by atoms with Crippen molar-refractivity contribution in [3.05, 3.63) is 29.8 Å². The summed E-state index contributed by atoms with van der Waals surface area (Å²) in [7, 11) is 0. The van der Waals surface area contributed by atoms with E-state index < -0.39 is 0 Å². The van der Waals surface area contributed by atoms with Crippen molar-refractivity contribution in [3.8, 4) is 0 Å². The maximum Gasteiger partial charge on any atom is 0.224 e. The third-order valence-electron chi connectivity index (χ3n) is 3.11. The second-order valence-electron chi connectivity index (χ2n) is 5.27. The highest BCUT2D eigenvalue weighted by Gasteiger charge is 2.11. The average molecular weight is 396 g/mol. The second-order valence-corrected chi connectivity index (χ2v) is 8.81. The van der Waals surface area contributed by atoms with Crippen molar-refractivity contribution in [1.29, 1.82) is 0 Å². The van der Waals surface area contributed by atoms with Crippen molar-refractivity contribution < 1.29 is 9.59 Å².